The number of likely N-dealkylation sites (tertiary alicyclic amines) is 1. The summed E-state index contributed by atoms with van der Waals surface area (Å²) in [4.78, 5) is 35.5. The number of carboxylic acids is 1. The van der Waals surface area contributed by atoms with Crippen molar-refractivity contribution in [3.05, 3.63) is 0 Å². The number of carbonyl (C=O) groups is 3. The molecule has 1 heterocycles. The number of amides is 2. The fraction of sp³-hybridized carbons (Fsp3) is 0.769. The van der Waals surface area contributed by atoms with Gasteiger partial charge >= 0.3 is 5.97 Å². The smallest absolute Gasteiger partial charge is 0.303 e. The first-order valence-electron chi connectivity index (χ1n) is 6.71. The van der Waals surface area contributed by atoms with E-state index < -0.39 is 5.97 Å². The predicted molar refractivity (Wildman–Crippen MR) is 69.4 cm³/mol. The minimum atomic E-state index is -0.821. The molecule has 0 radical (unpaired) electrons. The van der Waals surface area contributed by atoms with Gasteiger partial charge in [-0.25, -0.2) is 0 Å². The van der Waals surface area contributed by atoms with Crippen LogP contribution in [0.5, 0.6) is 0 Å². The van der Waals surface area contributed by atoms with E-state index in [4.69, 9.17) is 5.11 Å². The van der Waals surface area contributed by atoms with Crippen LogP contribution in [0.4, 0.5) is 0 Å². The van der Waals surface area contributed by atoms with Gasteiger partial charge in [0.25, 0.3) is 0 Å². The van der Waals surface area contributed by atoms with Gasteiger partial charge in [0.1, 0.15) is 0 Å². The predicted octanol–water partition coefficient (Wildman–Crippen LogP) is 0.472. The highest BCUT2D eigenvalue weighted by molar-refractivity contribution is 5.89. The summed E-state index contributed by atoms with van der Waals surface area (Å²) in [6.07, 6.45) is 0.937. The molecule has 2 N–H and O–H groups in total. The molecule has 2 atom stereocenters. The molecule has 1 rings (SSSR count). The van der Waals surface area contributed by atoms with Crippen molar-refractivity contribution in [1.82, 2.24) is 10.2 Å². The van der Waals surface area contributed by atoms with E-state index in [0.717, 1.165) is 0 Å². The first-order valence-corrected chi connectivity index (χ1v) is 6.71. The molecule has 0 aromatic carbocycles. The first-order chi connectivity index (χ1) is 8.93. The van der Waals surface area contributed by atoms with Crippen LogP contribution in [-0.2, 0) is 14.4 Å². The lowest BCUT2D eigenvalue weighted by molar-refractivity contribution is -0.137. The van der Waals surface area contributed by atoms with E-state index in [9.17, 15) is 14.4 Å². The fourth-order valence-corrected chi connectivity index (χ4v) is 2.14. The molecule has 2 unspecified atom stereocenters. The van der Waals surface area contributed by atoms with Crippen LogP contribution in [0, 0.1) is 11.8 Å². The Morgan fingerprint density at radius 3 is 2.74 bits per heavy atom. The van der Waals surface area contributed by atoms with Gasteiger partial charge in [0.05, 0.1) is 5.92 Å². The van der Waals surface area contributed by atoms with Crippen LogP contribution in [0.1, 0.15) is 33.1 Å². The Morgan fingerprint density at radius 1 is 1.53 bits per heavy atom. The van der Waals surface area contributed by atoms with Gasteiger partial charge in [-0.1, -0.05) is 6.92 Å². The lowest BCUT2D eigenvalue weighted by atomic mass is 10.0. The Hall–Kier alpha value is -1.59. The normalized spacial score (nSPS) is 20.4. The van der Waals surface area contributed by atoms with E-state index in [1.54, 1.807) is 4.90 Å². The minimum Gasteiger partial charge on any atom is -0.481 e. The lowest BCUT2D eigenvalue weighted by Crippen LogP contribution is -2.35. The van der Waals surface area contributed by atoms with E-state index in [1.165, 1.54) is 0 Å². The Bertz CT molecular complexity index is 357. The largest absolute Gasteiger partial charge is 0.481 e. The van der Waals surface area contributed by atoms with Crippen molar-refractivity contribution in [2.45, 2.75) is 33.1 Å². The van der Waals surface area contributed by atoms with Crippen LogP contribution in [0.3, 0.4) is 0 Å². The number of rotatable bonds is 7. The van der Waals surface area contributed by atoms with Crippen LogP contribution in [0.15, 0.2) is 0 Å². The van der Waals surface area contributed by atoms with Crippen molar-refractivity contribution >= 4 is 17.8 Å². The summed E-state index contributed by atoms with van der Waals surface area (Å²) in [5.74, 6) is -1.04. The third-order valence-electron chi connectivity index (χ3n) is 3.44. The zero-order valence-corrected chi connectivity index (χ0v) is 11.5. The molecule has 1 saturated heterocycles. The van der Waals surface area contributed by atoms with E-state index in [0.29, 0.717) is 26.1 Å². The Labute approximate surface area is 113 Å². The average Bonchev–Trinajstić information content (AvgIpc) is 2.74. The molecular weight excluding hydrogens is 248 g/mol. The second-order valence-corrected chi connectivity index (χ2v) is 5.12. The molecule has 6 nitrogen and oxygen atoms in total. The summed E-state index contributed by atoms with van der Waals surface area (Å²) < 4.78 is 0. The fourth-order valence-electron chi connectivity index (χ4n) is 2.14. The van der Waals surface area contributed by atoms with Crippen molar-refractivity contribution in [2.24, 2.45) is 11.8 Å². The summed E-state index contributed by atoms with van der Waals surface area (Å²) in [7, 11) is 0. The number of nitrogens with zero attached hydrogens (tertiary/aromatic N) is 1. The van der Waals surface area contributed by atoms with E-state index in [1.807, 2.05) is 13.8 Å². The molecule has 1 fully saturated rings. The van der Waals surface area contributed by atoms with Gasteiger partial charge in [-0.2, -0.15) is 0 Å². The molecular formula is C13H22N2O4. The molecule has 2 amide bonds. The third kappa shape index (κ3) is 4.89. The Balaban J connectivity index is 2.28. The zero-order chi connectivity index (χ0) is 14.4. The van der Waals surface area contributed by atoms with E-state index in [2.05, 4.69) is 5.32 Å². The third-order valence-corrected chi connectivity index (χ3v) is 3.44. The minimum absolute atomic E-state index is 0.0292. The highest BCUT2D eigenvalue weighted by Gasteiger charge is 2.33. The molecule has 6 heteroatoms. The molecule has 0 aromatic rings. The lowest BCUT2D eigenvalue weighted by Gasteiger charge is -2.15. The van der Waals surface area contributed by atoms with Crippen molar-refractivity contribution in [2.75, 3.05) is 19.6 Å². The van der Waals surface area contributed by atoms with Crippen LogP contribution >= 0.6 is 0 Å². The zero-order valence-electron chi connectivity index (χ0n) is 11.5. The van der Waals surface area contributed by atoms with Crippen molar-refractivity contribution in [3.8, 4) is 0 Å². The van der Waals surface area contributed by atoms with Crippen LogP contribution < -0.4 is 5.32 Å². The summed E-state index contributed by atoms with van der Waals surface area (Å²) in [5.41, 5.74) is 0. The molecule has 0 bridgehead atoms. The van der Waals surface area contributed by atoms with Gasteiger partial charge in [-0.3, -0.25) is 14.4 Å². The molecule has 19 heavy (non-hydrogen) atoms. The van der Waals surface area contributed by atoms with Gasteiger partial charge in [0.15, 0.2) is 0 Å². The van der Waals surface area contributed by atoms with Crippen molar-refractivity contribution in [3.63, 3.8) is 0 Å². The molecule has 0 spiro atoms. The SMILES string of the molecule is CCN1CC(C(=O)NCC(C)CCC(=O)O)CC1=O. The summed E-state index contributed by atoms with van der Waals surface area (Å²) in [5, 5.41) is 11.4. The monoisotopic (exact) mass is 270 g/mol. The maximum atomic E-state index is 11.9. The van der Waals surface area contributed by atoms with Crippen molar-refractivity contribution in [1.29, 1.82) is 0 Å². The Kier molecular flexibility index (Phi) is 5.79. The summed E-state index contributed by atoms with van der Waals surface area (Å²) >= 11 is 0. The molecule has 0 saturated carbocycles. The molecule has 1 aliphatic rings. The molecule has 1 aliphatic heterocycles. The van der Waals surface area contributed by atoms with Crippen LogP contribution in [0.25, 0.3) is 0 Å². The molecule has 108 valence electrons. The Morgan fingerprint density at radius 2 is 2.21 bits per heavy atom. The molecule has 0 aromatic heterocycles. The second-order valence-electron chi connectivity index (χ2n) is 5.12. The van der Waals surface area contributed by atoms with Crippen LogP contribution in [-0.4, -0.2) is 47.4 Å². The standard InChI is InChI=1S/C13H22N2O4/c1-3-15-8-10(6-11(15)16)13(19)14-7-9(2)4-5-12(17)18/h9-10H,3-8H2,1-2H3,(H,14,19)(H,17,18). The summed E-state index contributed by atoms with van der Waals surface area (Å²) in [6.45, 7) is 5.39. The van der Waals surface area contributed by atoms with Gasteiger partial charge in [0, 0.05) is 32.5 Å². The number of hydrogen-bond acceptors (Lipinski definition) is 3. The quantitative estimate of drug-likeness (QED) is 0.704. The number of nitrogens with one attached hydrogen (secondary N) is 1. The number of carbonyl (C=O) groups excluding carboxylic acids is 2. The molecule has 0 aliphatic carbocycles. The maximum absolute atomic E-state index is 11.9. The van der Waals surface area contributed by atoms with Crippen LogP contribution in [0.2, 0.25) is 0 Å². The highest BCUT2D eigenvalue weighted by atomic mass is 16.4. The van der Waals surface area contributed by atoms with Gasteiger partial charge < -0.3 is 15.3 Å². The number of hydrogen-bond donors (Lipinski definition) is 2. The number of aliphatic carboxylic acids is 1. The topological polar surface area (TPSA) is 86.7 Å². The average molecular weight is 270 g/mol. The van der Waals surface area contributed by atoms with Gasteiger partial charge in [0.2, 0.25) is 11.8 Å². The maximum Gasteiger partial charge on any atom is 0.303 e. The van der Waals surface area contributed by atoms with Gasteiger partial charge in [-0.05, 0) is 19.3 Å². The van der Waals surface area contributed by atoms with Gasteiger partial charge in [-0.15, -0.1) is 0 Å². The van der Waals surface area contributed by atoms with Crippen molar-refractivity contribution < 1.29 is 19.5 Å². The van der Waals surface area contributed by atoms with E-state index >= 15 is 0 Å². The summed E-state index contributed by atoms with van der Waals surface area (Å²) in [6, 6.07) is 0. The first kappa shape index (κ1) is 15.5. The second kappa shape index (κ2) is 7.11. The number of carboxylic acid groups (broad SMARTS) is 1. The van der Waals surface area contributed by atoms with E-state index in [-0.39, 0.29) is 36.5 Å². The highest BCUT2D eigenvalue weighted by Crippen LogP contribution is 2.17.